The van der Waals surface area contributed by atoms with Crippen LogP contribution >= 0.6 is 0 Å². The first-order chi connectivity index (χ1) is 9.67. The van der Waals surface area contributed by atoms with E-state index in [-0.39, 0.29) is 5.97 Å². The summed E-state index contributed by atoms with van der Waals surface area (Å²) in [5.74, 6) is -0.0873. The van der Waals surface area contributed by atoms with Gasteiger partial charge in [-0.15, -0.1) is 0 Å². The number of ether oxygens (including phenoxy) is 1. The highest BCUT2D eigenvalue weighted by molar-refractivity contribution is 5.69. The summed E-state index contributed by atoms with van der Waals surface area (Å²) in [6.45, 7) is 6.40. The van der Waals surface area contributed by atoms with E-state index in [1.807, 2.05) is 25.1 Å². The summed E-state index contributed by atoms with van der Waals surface area (Å²) >= 11 is 0. The molecule has 0 aliphatic carbocycles. The van der Waals surface area contributed by atoms with Crippen molar-refractivity contribution < 1.29 is 9.53 Å². The van der Waals surface area contributed by atoms with Gasteiger partial charge in [-0.05, 0) is 44.9 Å². The van der Waals surface area contributed by atoms with Crippen LogP contribution < -0.4 is 10.6 Å². The van der Waals surface area contributed by atoms with Crippen LogP contribution in [0.25, 0.3) is 0 Å². The van der Waals surface area contributed by atoms with E-state index in [0.29, 0.717) is 13.0 Å². The highest BCUT2D eigenvalue weighted by Crippen LogP contribution is 2.18. The minimum atomic E-state index is -0.0873. The smallest absolute Gasteiger partial charge is 0.305 e. The van der Waals surface area contributed by atoms with Crippen molar-refractivity contribution in [3.8, 4) is 0 Å². The molecule has 0 amide bonds. The highest BCUT2D eigenvalue weighted by atomic mass is 16.5. The van der Waals surface area contributed by atoms with Crippen molar-refractivity contribution in [2.24, 2.45) is 0 Å². The molecule has 112 valence electrons. The molecular formula is C16H26N2O2. The Hall–Kier alpha value is -1.71. The number of carbonyl (C=O) groups excluding carboxylic acids is 1. The zero-order valence-electron chi connectivity index (χ0n) is 12.6. The molecule has 0 spiro atoms. The first-order valence-electron chi connectivity index (χ1n) is 7.43. The summed E-state index contributed by atoms with van der Waals surface area (Å²) in [4.78, 5) is 13.5. The van der Waals surface area contributed by atoms with Gasteiger partial charge in [-0.25, -0.2) is 0 Å². The maximum absolute atomic E-state index is 11.2. The first kappa shape index (κ1) is 16.3. The summed E-state index contributed by atoms with van der Waals surface area (Å²) in [5, 5.41) is 0. The number of hydrogen-bond donors (Lipinski definition) is 1. The topological polar surface area (TPSA) is 55.6 Å². The van der Waals surface area contributed by atoms with Gasteiger partial charge in [-0.1, -0.05) is 12.5 Å². The molecule has 0 saturated carbocycles. The van der Waals surface area contributed by atoms with Gasteiger partial charge in [0.05, 0.1) is 6.61 Å². The Bertz CT molecular complexity index is 407. The molecule has 0 aliphatic heterocycles. The monoisotopic (exact) mass is 278 g/mol. The molecular weight excluding hydrogens is 252 g/mol. The lowest BCUT2D eigenvalue weighted by molar-refractivity contribution is -0.143. The number of nitrogens with two attached hydrogens (primary N) is 1. The molecule has 4 nitrogen and oxygen atoms in total. The summed E-state index contributed by atoms with van der Waals surface area (Å²) in [5.41, 5.74) is 7.77. The van der Waals surface area contributed by atoms with Crippen molar-refractivity contribution in [3.63, 3.8) is 0 Å². The minimum absolute atomic E-state index is 0.0873. The third-order valence-electron chi connectivity index (χ3n) is 3.23. The Morgan fingerprint density at radius 1 is 1.25 bits per heavy atom. The molecule has 20 heavy (non-hydrogen) atoms. The molecule has 0 saturated heterocycles. The lowest BCUT2D eigenvalue weighted by Gasteiger charge is -2.23. The van der Waals surface area contributed by atoms with Gasteiger partial charge in [0.15, 0.2) is 0 Å². The molecule has 4 heteroatoms. The Morgan fingerprint density at radius 3 is 2.70 bits per heavy atom. The molecule has 0 atom stereocenters. The van der Waals surface area contributed by atoms with Crippen molar-refractivity contribution in [2.45, 2.75) is 39.5 Å². The van der Waals surface area contributed by atoms with E-state index in [2.05, 4.69) is 17.9 Å². The van der Waals surface area contributed by atoms with Crippen LogP contribution in [0.15, 0.2) is 24.3 Å². The van der Waals surface area contributed by atoms with Crippen molar-refractivity contribution >= 4 is 17.3 Å². The zero-order chi connectivity index (χ0) is 14.8. The number of rotatable bonds is 9. The fraction of sp³-hybridized carbons (Fsp3) is 0.562. The number of benzene rings is 1. The van der Waals surface area contributed by atoms with E-state index >= 15 is 0 Å². The van der Waals surface area contributed by atoms with Crippen LogP contribution in [0.2, 0.25) is 0 Å². The third kappa shape index (κ3) is 5.95. The van der Waals surface area contributed by atoms with E-state index in [0.717, 1.165) is 43.7 Å². The van der Waals surface area contributed by atoms with Gasteiger partial charge < -0.3 is 15.4 Å². The van der Waals surface area contributed by atoms with Crippen LogP contribution in [0, 0.1) is 0 Å². The van der Waals surface area contributed by atoms with Crippen LogP contribution in [0.5, 0.6) is 0 Å². The summed E-state index contributed by atoms with van der Waals surface area (Å²) in [7, 11) is 0. The van der Waals surface area contributed by atoms with Gasteiger partial charge in [0.1, 0.15) is 0 Å². The number of nitrogen functional groups attached to an aromatic ring is 1. The van der Waals surface area contributed by atoms with Crippen LogP contribution in [0.3, 0.4) is 0 Å². The second kappa shape index (κ2) is 9.23. The minimum Gasteiger partial charge on any atom is -0.466 e. The molecule has 0 fully saturated rings. The second-order valence-corrected chi connectivity index (χ2v) is 4.79. The Kier molecular flexibility index (Phi) is 7.55. The zero-order valence-corrected chi connectivity index (χ0v) is 12.6. The maximum Gasteiger partial charge on any atom is 0.305 e. The lowest BCUT2D eigenvalue weighted by Crippen LogP contribution is -2.23. The fourth-order valence-electron chi connectivity index (χ4n) is 2.17. The van der Waals surface area contributed by atoms with E-state index in [1.165, 1.54) is 0 Å². The van der Waals surface area contributed by atoms with Gasteiger partial charge in [-0.3, -0.25) is 4.79 Å². The summed E-state index contributed by atoms with van der Waals surface area (Å²) in [6, 6.07) is 7.96. The number of anilines is 2. The van der Waals surface area contributed by atoms with E-state index in [1.54, 1.807) is 0 Å². The quantitative estimate of drug-likeness (QED) is 0.428. The SMILES string of the molecule is CCOC(=O)CCCCCN(CC)c1cccc(N)c1. The molecule has 0 unspecified atom stereocenters. The number of hydrogen-bond acceptors (Lipinski definition) is 4. The van der Waals surface area contributed by atoms with Crippen molar-refractivity contribution in [1.29, 1.82) is 0 Å². The average molecular weight is 278 g/mol. The van der Waals surface area contributed by atoms with Gasteiger partial charge in [0.2, 0.25) is 0 Å². The molecule has 0 aromatic heterocycles. The summed E-state index contributed by atoms with van der Waals surface area (Å²) in [6.07, 6.45) is 3.53. The summed E-state index contributed by atoms with van der Waals surface area (Å²) < 4.78 is 4.91. The number of esters is 1. The molecule has 1 aromatic rings. The van der Waals surface area contributed by atoms with Gasteiger partial charge in [-0.2, -0.15) is 0 Å². The van der Waals surface area contributed by atoms with Crippen LogP contribution in [0.4, 0.5) is 11.4 Å². The molecule has 0 aliphatic rings. The van der Waals surface area contributed by atoms with E-state index in [4.69, 9.17) is 10.5 Å². The van der Waals surface area contributed by atoms with Gasteiger partial charge in [0, 0.05) is 30.9 Å². The van der Waals surface area contributed by atoms with Crippen LogP contribution in [-0.4, -0.2) is 25.7 Å². The third-order valence-corrected chi connectivity index (χ3v) is 3.23. The van der Waals surface area contributed by atoms with E-state index in [9.17, 15) is 4.79 Å². The van der Waals surface area contributed by atoms with Gasteiger partial charge >= 0.3 is 5.97 Å². The van der Waals surface area contributed by atoms with Crippen molar-refractivity contribution in [1.82, 2.24) is 0 Å². The standard InChI is InChI=1S/C16H26N2O2/c1-3-18(15-10-8-9-14(17)13-15)12-7-5-6-11-16(19)20-4-2/h8-10,13H,3-7,11-12,17H2,1-2H3. The molecule has 0 heterocycles. The molecule has 0 radical (unpaired) electrons. The molecule has 1 rings (SSSR count). The average Bonchev–Trinajstić information content (AvgIpc) is 2.43. The number of nitrogens with zero attached hydrogens (tertiary/aromatic N) is 1. The largest absolute Gasteiger partial charge is 0.466 e. The van der Waals surface area contributed by atoms with Crippen LogP contribution in [-0.2, 0) is 9.53 Å². The van der Waals surface area contributed by atoms with Gasteiger partial charge in [0.25, 0.3) is 0 Å². The van der Waals surface area contributed by atoms with Crippen molar-refractivity contribution in [2.75, 3.05) is 30.3 Å². The predicted molar refractivity (Wildman–Crippen MR) is 83.8 cm³/mol. The lowest BCUT2D eigenvalue weighted by atomic mass is 10.1. The van der Waals surface area contributed by atoms with E-state index < -0.39 is 0 Å². The Balaban J connectivity index is 2.27. The molecule has 1 aromatic carbocycles. The number of unbranched alkanes of at least 4 members (excludes halogenated alkanes) is 2. The maximum atomic E-state index is 11.2. The normalized spacial score (nSPS) is 10.3. The highest BCUT2D eigenvalue weighted by Gasteiger charge is 2.05. The van der Waals surface area contributed by atoms with Crippen molar-refractivity contribution in [3.05, 3.63) is 24.3 Å². The fourth-order valence-corrected chi connectivity index (χ4v) is 2.17. The number of carbonyl (C=O) groups is 1. The Labute approximate surface area is 121 Å². The predicted octanol–water partition coefficient (Wildman–Crippen LogP) is 3.22. The molecule has 0 bridgehead atoms. The van der Waals surface area contributed by atoms with Crippen LogP contribution in [0.1, 0.15) is 39.5 Å². The second-order valence-electron chi connectivity index (χ2n) is 4.79. The Morgan fingerprint density at radius 2 is 2.05 bits per heavy atom. The molecule has 2 N–H and O–H groups in total. The first-order valence-corrected chi connectivity index (χ1v) is 7.43.